The van der Waals surface area contributed by atoms with E-state index in [4.69, 9.17) is 4.42 Å². The molecule has 1 aliphatic rings. The highest BCUT2D eigenvalue weighted by molar-refractivity contribution is 5.52. The fraction of sp³-hybridized carbons (Fsp3) is 0.429. The van der Waals surface area contributed by atoms with Gasteiger partial charge in [-0.2, -0.15) is 0 Å². The molecule has 0 amide bonds. The van der Waals surface area contributed by atoms with E-state index in [-0.39, 0.29) is 0 Å². The van der Waals surface area contributed by atoms with Crippen molar-refractivity contribution in [3.63, 3.8) is 0 Å². The summed E-state index contributed by atoms with van der Waals surface area (Å²) in [6, 6.07) is 8.15. The van der Waals surface area contributed by atoms with Crippen molar-refractivity contribution in [1.29, 1.82) is 0 Å². The molecule has 0 aliphatic carbocycles. The van der Waals surface area contributed by atoms with Crippen molar-refractivity contribution >= 4 is 0 Å². The number of aromatic nitrogens is 2. The van der Waals surface area contributed by atoms with Gasteiger partial charge in [-0.25, -0.2) is 0 Å². The lowest BCUT2D eigenvalue weighted by molar-refractivity contribution is 0.380. The highest BCUT2D eigenvalue weighted by Crippen LogP contribution is 2.25. The summed E-state index contributed by atoms with van der Waals surface area (Å²) in [5, 5.41) is 11.7. The van der Waals surface area contributed by atoms with Crippen molar-refractivity contribution in [3.8, 4) is 11.5 Å². The van der Waals surface area contributed by atoms with E-state index in [1.807, 2.05) is 12.1 Å². The molecular weight excluding hydrogens is 226 g/mol. The SMILES string of the molecule is Cc1ccc(-c2nnc([C@H]3CCCNC3)o2)cc1. The molecule has 4 heteroatoms. The summed E-state index contributed by atoms with van der Waals surface area (Å²) in [7, 11) is 0. The number of benzene rings is 1. The Hall–Kier alpha value is -1.68. The van der Waals surface area contributed by atoms with E-state index in [0.29, 0.717) is 11.8 Å². The number of nitrogens with zero attached hydrogens (tertiary/aromatic N) is 2. The second kappa shape index (κ2) is 4.90. The molecular formula is C14H17N3O. The third kappa shape index (κ3) is 2.29. The van der Waals surface area contributed by atoms with Crippen LogP contribution in [0.4, 0.5) is 0 Å². The van der Waals surface area contributed by atoms with Gasteiger partial charge in [0.2, 0.25) is 11.8 Å². The summed E-state index contributed by atoms with van der Waals surface area (Å²) in [4.78, 5) is 0. The van der Waals surface area contributed by atoms with Crippen LogP contribution in [0.5, 0.6) is 0 Å². The Morgan fingerprint density at radius 3 is 2.78 bits per heavy atom. The summed E-state index contributed by atoms with van der Waals surface area (Å²) in [5.74, 6) is 1.75. The molecule has 4 nitrogen and oxygen atoms in total. The van der Waals surface area contributed by atoms with Crippen LogP contribution >= 0.6 is 0 Å². The van der Waals surface area contributed by atoms with Gasteiger partial charge in [0.25, 0.3) is 0 Å². The van der Waals surface area contributed by atoms with Gasteiger partial charge in [-0.1, -0.05) is 17.7 Å². The molecule has 0 saturated carbocycles. The number of hydrogen-bond donors (Lipinski definition) is 1. The Labute approximate surface area is 106 Å². The first kappa shape index (κ1) is 11.4. The predicted octanol–water partition coefficient (Wildman–Crippen LogP) is 2.51. The van der Waals surface area contributed by atoms with Crippen molar-refractivity contribution in [1.82, 2.24) is 15.5 Å². The van der Waals surface area contributed by atoms with E-state index in [1.54, 1.807) is 0 Å². The first-order valence-electron chi connectivity index (χ1n) is 6.44. The largest absolute Gasteiger partial charge is 0.420 e. The lowest BCUT2D eigenvalue weighted by atomic mass is 10.00. The predicted molar refractivity (Wildman–Crippen MR) is 69.3 cm³/mol. The van der Waals surface area contributed by atoms with Gasteiger partial charge in [0.1, 0.15) is 0 Å². The maximum Gasteiger partial charge on any atom is 0.247 e. The first-order chi connectivity index (χ1) is 8.83. The summed E-state index contributed by atoms with van der Waals surface area (Å²) in [5.41, 5.74) is 2.22. The molecule has 1 atom stereocenters. The Kier molecular flexibility index (Phi) is 3.11. The topological polar surface area (TPSA) is 51.0 Å². The minimum absolute atomic E-state index is 0.366. The standard InChI is InChI=1S/C14H17N3O/c1-10-4-6-11(7-5-10)13-16-17-14(18-13)12-3-2-8-15-9-12/h4-7,12,15H,2-3,8-9H2,1H3/t12-/m0/s1. The van der Waals surface area contributed by atoms with Crippen LogP contribution in [0.2, 0.25) is 0 Å². The third-order valence-electron chi connectivity index (χ3n) is 3.39. The van der Waals surface area contributed by atoms with Crippen LogP contribution in [0.3, 0.4) is 0 Å². The van der Waals surface area contributed by atoms with Gasteiger partial charge in [0.15, 0.2) is 0 Å². The van der Waals surface area contributed by atoms with Crippen molar-refractivity contribution in [3.05, 3.63) is 35.7 Å². The molecule has 1 fully saturated rings. The fourth-order valence-electron chi connectivity index (χ4n) is 2.27. The van der Waals surface area contributed by atoms with Gasteiger partial charge in [-0.3, -0.25) is 0 Å². The van der Waals surface area contributed by atoms with Gasteiger partial charge in [-0.15, -0.1) is 10.2 Å². The second-order valence-corrected chi connectivity index (χ2v) is 4.85. The number of hydrogen-bond acceptors (Lipinski definition) is 4. The third-order valence-corrected chi connectivity index (χ3v) is 3.39. The quantitative estimate of drug-likeness (QED) is 0.880. The van der Waals surface area contributed by atoms with E-state index in [1.165, 1.54) is 12.0 Å². The average molecular weight is 243 g/mol. The van der Waals surface area contributed by atoms with Crippen LogP contribution in [0, 0.1) is 6.92 Å². The highest BCUT2D eigenvalue weighted by Gasteiger charge is 2.21. The molecule has 0 bridgehead atoms. The van der Waals surface area contributed by atoms with Crippen LogP contribution in [-0.2, 0) is 0 Å². The first-order valence-corrected chi connectivity index (χ1v) is 6.44. The lowest BCUT2D eigenvalue weighted by Crippen LogP contribution is -2.28. The van der Waals surface area contributed by atoms with E-state index in [2.05, 4.69) is 34.6 Å². The molecule has 0 radical (unpaired) electrons. The fourth-order valence-corrected chi connectivity index (χ4v) is 2.27. The van der Waals surface area contributed by atoms with E-state index in [0.717, 1.165) is 31.0 Å². The Bertz CT molecular complexity index is 512. The zero-order valence-electron chi connectivity index (χ0n) is 10.5. The number of nitrogens with one attached hydrogen (secondary N) is 1. The van der Waals surface area contributed by atoms with Gasteiger partial charge in [-0.05, 0) is 38.4 Å². The lowest BCUT2D eigenvalue weighted by Gasteiger charge is -2.18. The molecule has 3 rings (SSSR count). The molecule has 1 aromatic carbocycles. The maximum atomic E-state index is 5.79. The van der Waals surface area contributed by atoms with E-state index in [9.17, 15) is 0 Å². The Balaban J connectivity index is 1.82. The molecule has 1 aromatic heterocycles. The number of piperidine rings is 1. The van der Waals surface area contributed by atoms with Crippen molar-refractivity contribution in [2.24, 2.45) is 0 Å². The molecule has 1 aliphatic heterocycles. The summed E-state index contributed by atoms with van der Waals surface area (Å²) in [6.07, 6.45) is 2.30. The molecule has 18 heavy (non-hydrogen) atoms. The molecule has 1 saturated heterocycles. The minimum Gasteiger partial charge on any atom is -0.420 e. The summed E-state index contributed by atoms with van der Waals surface area (Å²) in [6.45, 7) is 4.10. The van der Waals surface area contributed by atoms with Crippen molar-refractivity contribution in [2.45, 2.75) is 25.7 Å². The van der Waals surface area contributed by atoms with Crippen LogP contribution < -0.4 is 5.32 Å². The van der Waals surface area contributed by atoms with Crippen molar-refractivity contribution < 1.29 is 4.42 Å². The van der Waals surface area contributed by atoms with Crippen LogP contribution in [-0.4, -0.2) is 23.3 Å². The normalized spacial score (nSPS) is 19.9. The van der Waals surface area contributed by atoms with E-state index < -0.39 is 0 Å². The van der Waals surface area contributed by atoms with Crippen molar-refractivity contribution in [2.75, 3.05) is 13.1 Å². The Morgan fingerprint density at radius 2 is 2.06 bits per heavy atom. The summed E-state index contributed by atoms with van der Waals surface area (Å²) >= 11 is 0. The molecule has 94 valence electrons. The van der Waals surface area contributed by atoms with Crippen LogP contribution in [0.1, 0.15) is 30.2 Å². The molecule has 2 heterocycles. The Morgan fingerprint density at radius 1 is 1.22 bits per heavy atom. The molecule has 1 N–H and O–H groups in total. The van der Waals surface area contributed by atoms with Crippen LogP contribution in [0.25, 0.3) is 11.5 Å². The average Bonchev–Trinajstić information content (AvgIpc) is 2.90. The molecule has 0 unspecified atom stereocenters. The molecule has 2 aromatic rings. The number of rotatable bonds is 2. The maximum absolute atomic E-state index is 5.79. The van der Waals surface area contributed by atoms with Crippen LogP contribution in [0.15, 0.2) is 28.7 Å². The van der Waals surface area contributed by atoms with Gasteiger partial charge >= 0.3 is 0 Å². The van der Waals surface area contributed by atoms with Gasteiger partial charge in [0, 0.05) is 18.0 Å². The minimum atomic E-state index is 0.366. The second-order valence-electron chi connectivity index (χ2n) is 4.85. The summed E-state index contributed by atoms with van der Waals surface area (Å²) < 4.78 is 5.79. The van der Waals surface area contributed by atoms with Gasteiger partial charge in [0.05, 0.1) is 0 Å². The van der Waals surface area contributed by atoms with E-state index >= 15 is 0 Å². The molecule has 0 spiro atoms. The zero-order valence-corrected chi connectivity index (χ0v) is 10.5. The number of aryl methyl sites for hydroxylation is 1. The smallest absolute Gasteiger partial charge is 0.247 e. The zero-order chi connectivity index (χ0) is 12.4. The monoisotopic (exact) mass is 243 g/mol. The van der Waals surface area contributed by atoms with Gasteiger partial charge < -0.3 is 9.73 Å². The highest BCUT2D eigenvalue weighted by atomic mass is 16.4.